The molecule has 0 bridgehead atoms. The molecule has 1 aliphatic rings. The molecule has 1 fully saturated rings. The zero-order valence-electron chi connectivity index (χ0n) is 16.5. The van der Waals surface area contributed by atoms with Gasteiger partial charge in [0.05, 0.1) is 18.3 Å². The fourth-order valence-electron chi connectivity index (χ4n) is 3.93. The van der Waals surface area contributed by atoms with Gasteiger partial charge in [0, 0.05) is 30.1 Å². The number of carbonyl (C=O) groups excluding carboxylic acids is 1. The first-order valence-corrected chi connectivity index (χ1v) is 10.1. The number of nitrogens with zero attached hydrogens (tertiary/aromatic N) is 5. The number of H-pyrrole nitrogens is 1. The van der Waals surface area contributed by atoms with Gasteiger partial charge in [0.15, 0.2) is 5.69 Å². The largest absolute Gasteiger partial charge is 0.337 e. The Morgan fingerprint density at radius 2 is 1.93 bits per heavy atom. The van der Waals surface area contributed by atoms with Crippen LogP contribution in [0.2, 0.25) is 0 Å². The molecule has 0 unspecified atom stereocenters. The standard InChI is InChI=1S/C22H23N7O/c23-18-8-10-28(11-9-18)22(30)21-20(16-6-7-19-17(12-16)13-24-25-19)26-27-29(21)14-15-4-2-1-3-5-15/h1-7,12-13,18H,8-11,14,23H2,(H,24,25). The predicted molar refractivity (Wildman–Crippen MR) is 114 cm³/mol. The quantitative estimate of drug-likeness (QED) is 0.546. The maximum atomic E-state index is 13.6. The van der Waals surface area contributed by atoms with Gasteiger partial charge in [-0.25, -0.2) is 4.68 Å². The normalized spacial score (nSPS) is 15.0. The Bertz CT molecular complexity index is 1170. The zero-order chi connectivity index (χ0) is 20.5. The number of likely N-dealkylation sites (tertiary alicyclic amines) is 1. The molecule has 3 heterocycles. The second kappa shape index (κ2) is 7.72. The molecule has 152 valence electrons. The fourth-order valence-corrected chi connectivity index (χ4v) is 3.93. The number of aromatic amines is 1. The third kappa shape index (κ3) is 3.46. The van der Waals surface area contributed by atoms with Gasteiger partial charge in [0.2, 0.25) is 0 Å². The van der Waals surface area contributed by atoms with Gasteiger partial charge in [-0.15, -0.1) is 5.10 Å². The van der Waals surface area contributed by atoms with Gasteiger partial charge < -0.3 is 10.6 Å². The van der Waals surface area contributed by atoms with Gasteiger partial charge in [-0.3, -0.25) is 9.89 Å². The number of nitrogens with one attached hydrogen (secondary N) is 1. The summed E-state index contributed by atoms with van der Waals surface area (Å²) in [5, 5.41) is 16.8. The van der Waals surface area contributed by atoms with Crippen molar-refractivity contribution in [3.05, 3.63) is 66.0 Å². The molecule has 4 aromatic rings. The maximum Gasteiger partial charge on any atom is 0.274 e. The molecule has 8 nitrogen and oxygen atoms in total. The van der Waals surface area contributed by atoms with E-state index in [1.165, 1.54) is 0 Å². The number of piperidine rings is 1. The van der Waals surface area contributed by atoms with E-state index in [9.17, 15) is 4.79 Å². The minimum atomic E-state index is -0.0508. The van der Waals surface area contributed by atoms with Gasteiger partial charge in [-0.05, 0) is 30.5 Å². The molecule has 8 heteroatoms. The lowest BCUT2D eigenvalue weighted by molar-refractivity contribution is 0.0703. The number of nitrogens with two attached hydrogens (primary N) is 1. The number of aromatic nitrogens is 5. The van der Waals surface area contributed by atoms with Crippen LogP contribution in [0.5, 0.6) is 0 Å². The van der Waals surface area contributed by atoms with Crippen LogP contribution < -0.4 is 5.73 Å². The first-order chi connectivity index (χ1) is 14.7. The highest BCUT2D eigenvalue weighted by Crippen LogP contribution is 2.27. The summed E-state index contributed by atoms with van der Waals surface area (Å²) >= 11 is 0. The van der Waals surface area contributed by atoms with E-state index in [4.69, 9.17) is 5.73 Å². The van der Waals surface area contributed by atoms with Crippen molar-refractivity contribution in [2.45, 2.75) is 25.4 Å². The number of fused-ring (bicyclic) bond motifs is 1. The highest BCUT2D eigenvalue weighted by atomic mass is 16.2. The van der Waals surface area contributed by atoms with Crippen molar-refractivity contribution >= 4 is 16.8 Å². The van der Waals surface area contributed by atoms with Crippen molar-refractivity contribution in [2.75, 3.05) is 13.1 Å². The van der Waals surface area contributed by atoms with Gasteiger partial charge >= 0.3 is 0 Å². The highest BCUT2D eigenvalue weighted by Gasteiger charge is 2.28. The molecule has 1 amide bonds. The van der Waals surface area contributed by atoms with E-state index >= 15 is 0 Å². The lowest BCUT2D eigenvalue weighted by Gasteiger charge is -2.30. The Morgan fingerprint density at radius 1 is 1.13 bits per heavy atom. The van der Waals surface area contributed by atoms with Crippen molar-refractivity contribution in [2.24, 2.45) is 5.73 Å². The van der Waals surface area contributed by atoms with Crippen LogP contribution in [0.25, 0.3) is 22.2 Å². The molecule has 0 spiro atoms. The van der Waals surface area contributed by atoms with Crippen LogP contribution >= 0.6 is 0 Å². The number of hydrogen-bond donors (Lipinski definition) is 2. The van der Waals surface area contributed by atoms with Crippen LogP contribution in [-0.2, 0) is 6.54 Å². The SMILES string of the molecule is NC1CCN(C(=O)c2c(-c3ccc4[nH]ncc4c3)nnn2Cc2ccccc2)CC1. The fraction of sp³-hybridized carbons (Fsp3) is 0.273. The summed E-state index contributed by atoms with van der Waals surface area (Å²) in [6.07, 6.45) is 3.38. The van der Waals surface area contributed by atoms with Gasteiger partial charge in [0.25, 0.3) is 5.91 Å². The molecule has 1 aliphatic heterocycles. The summed E-state index contributed by atoms with van der Waals surface area (Å²) in [6.45, 7) is 1.78. The van der Waals surface area contributed by atoms with Crippen LogP contribution in [0.1, 0.15) is 28.9 Å². The number of amides is 1. The Balaban J connectivity index is 1.56. The summed E-state index contributed by atoms with van der Waals surface area (Å²) in [4.78, 5) is 15.4. The predicted octanol–water partition coefficient (Wildman–Crippen LogP) is 2.43. The molecule has 2 aromatic carbocycles. The van der Waals surface area contributed by atoms with Gasteiger partial charge in [-0.2, -0.15) is 5.10 Å². The van der Waals surface area contributed by atoms with Crippen LogP contribution in [-0.4, -0.2) is 55.1 Å². The van der Waals surface area contributed by atoms with Crippen molar-refractivity contribution in [3.8, 4) is 11.3 Å². The average molecular weight is 401 g/mol. The smallest absolute Gasteiger partial charge is 0.274 e. The summed E-state index contributed by atoms with van der Waals surface area (Å²) in [6, 6.07) is 16.0. The first kappa shape index (κ1) is 18.5. The van der Waals surface area contributed by atoms with Crippen molar-refractivity contribution in [1.29, 1.82) is 0 Å². The molecule has 1 saturated heterocycles. The molecule has 0 radical (unpaired) electrons. The minimum absolute atomic E-state index is 0.0508. The van der Waals surface area contributed by atoms with Crippen LogP contribution in [0.3, 0.4) is 0 Å². The molecular formula is C22H23N7O. The number of rotatable bonds is 4. The van der Waals surface area contributed by atoms with Crippen molar-refractivity contribution in [1.82, 2.24) is 30.1 Å². The van der Waals surface area contributed by atoms with Gasteiger partial charge in [-0.1, -0.05) is 41.6 Å². The molecule has 0 atom stereocenters. The highest BCUT2D eigenvalue weighted by molar-refractivity contribution is 5.99. The molecule has 3 N–H and O–H groups in total. The Morgan fingerprint density at radius 3 is 2.73 bits per heavy atom. The minimum Gasteiger partial charge on any atom is -0.337 e. The lowest BCUT2D eigenvalue weighted by Crippen LogP contribution is -2.43. The maximum absolute atomic E-state index is 13.6. The van der Waals surface area contributed by atoms with E-state index in [1.807, 2.05) is 53.4 Å². The van der Waals surface area contributed by atoms with Crippen LogP contribution in [0.4, 0.5) is 0 Å². The van der Waals surface area contributed by atoms with Gasteiger partial charge in [0.1, 0.15) is 5.69 Å². The Kier molecular flexibility index (Phi) is 4.76. The van der Waals surface area contributed by atoms with E-state index in [1.54, 1.807) is 10.9 Å². The number of benzene rings is 2. The average Bonchev–Trinajstić information content (AvgIpc) is 3.41. The monoisotopic (exact) mass is 401 g/mol. The van der Waals surface area contributed by atoms with Crippen molar-refractivity contribution < 1.29 is 4.79 Å². The molecule has 5 rings (SSSR count). The first-order valence-electron chi connectivity index (χ1n) is 10.1. The van der Waals surface area contributed by atoms with E-state index in [0.29, 0.717) is 31.0 Å². The molecular weight excluding hydrogens is 378 g/mol. The van der Waals surface area contributed by atoms with Crippen LogP contribution in [0.15, 0.2) is 54.7 Å². The molecule has 0 aliphatic carbocycles. The summed E-state index contributed by atoms with van der Waals surface area (Å²) in [7, 11) is 0. The van der Waals surface area contributed by atoms with E-state index in [-0.39, 0.29) is 11.9 Å². The molecule has 30 heavy (non-hydrogen) atoms. The molecule has 2 aromatic heterocycles. The molecule has 0 saturated carbocycles. The van der Waals surface area contributed by atoms with Crippen LogP contribution in [0, 0.1) is 0 Å². The van der Waals surface area contributed by atoms with E-state index in [0.717, 1.165) is 34.9 Å². The second-order valence-electron chi connectivity index (χ2n) is 7.73. The zero-order valence-corrected chi connectivity index (χ0v) is 16.5. The topological polar surface area (TPSA) is 106 Å². The third-order valence-electron chi connectivity index (χ3n) is 5.65. The van der Waals surface area contributed by atoms with E-state index in [2.05, 4.69) is 20.5 Å². The number of carbonyl (C=O) groups is 1. The van der Waals surface area contributed by atoms with E-state index < -0.39 is 0 Å². The second-order valence-corrected chi connectivity index (χ2v) is 7.73. The third-order valence-corrected chi connectivity index (χ3v) is 5.65. The summed E-state index contributed by atoms with van der Waals surface area (Å²) in [5.74, 6) is -0.0508. The number of hydrogen-bond acceptors (Lipinski definition) is 5. The Hall–Kier alpha value is -3.52. The lowest BCUT2D eigenvalue weighted by atomic mass is 10.0. The Labute approximate surface area is 173 Å². The summed E-state index contributed by atoms with van der Waals surface area (Å²) < 4.78 is 1.71. The summed E-state index contributed by atoms with van der Waals surface area (Å²) in [5.41, 5.74) is 9.99. The van der Waals surface area contributed by atoms with Crippen molar-refractivity contribution in [3.63, 3.8) is 0 Å².